The van der Waals surface area contributed by atoms with E-state index in [1.807, 2.05) is 11.9 Å². The molecular formula is C12H23N3O. The molecule has 1 saturated carbocycles. The molecule has 1 aliphatic carbocycles. The fourth-order valence-corrected chi connectivity index (χ4v) is 2.48. The lowest BCUT2D eigenvalue weighted by atomic mass is 9.85. The van der Waals surface area contributed by atoms with Gasteiger partial charge in [0.2, 0.25) is 5.91 Å². The third kappa shape index (κ3) is 2.74. The van der Waals surface area contributed by atoms with Crippen LogP contribution in [0, 0.1) is 5.92 Å². The summed E-state index contributed by atoms with van der Waals surface area (Å²) in [5.74, 6) is 1.02. The molecule has 1 amide bonds. The summed E-state index contributed by atoms with van der Waals surface area (Å²) in [6.45, 7) is 3.74. The smallest absolute Gasteiger partial charge is 0.240 e. The number of amides is 1. The Labute approximate surface area is 98.0 Å². The van der Waals surface area contributed by atoms with Gasteiger partial charge in [-0.2, -0.15) is 0 Å². The lowest BCUT2D eigenvalue weighted by Crippen LogP contribution is -2.56. The quantitative estimate of drug-likeness (QED) is 0.742. The summed E-state index contributed by atoms with van der Waals surface area (Å²) >= 11 is 0. The Hall–Kier alpha value is -0.610. The number of rotatable bonds is 3. The Bertz CT molecular complexity index is 253. The van der Waals surface area contributed by atoms with Crippen LogP contribution in [0.25, 0.3) is 0 Å². The highest BCUT2D eigenvalue weighted by atomic mass is 16.2. The standard InChI is InChI=1S/C12H23N3O/c1-14-7-6-13-11(9-14)12(16)15(2)8-10-4-3-5-10/h10-11,13H,3-9H2,1-2H3. The molecule has 1 saturated heterocycles. The number of piperazine rings is 1. The molecule has 0 bridgehead atoms. The Balaban J connectivity index is 1.80. The van der Waals surface area contributed by atoms with Crippen molar-refractivity contribution in [3.05, 3.63) is 0 Å². The van der Waals surface area contributed by atoms with E-state index < -0.39 is 0 Å². The topological polar surface area (TPSA) is 35.6 Å². The van der Waals surface area contributed by atoms with E-state index >= 15 is 0 Å². The molecule has 4 nitrogen and oxygen atoms in total. The van der Waals surface area contributed by atoms with Crippen molar-refractivity contribution in [2.24, 2.45) is 5.92 Å². The van der Waals surface area contributed by atoms with Crippen LogP contribution in [0.15, 0.2) is 0 Å². The normalized spacial score (nSPS) is 27.5. The highest BCUT2D eigenvalue weighted by Gasteiger charge is 2.28. The SMILES string of the molecule is CN1CCNC(C(=O)N(C)CC2CCC2)C1. The molecule has 0 aromatic heterocycles. The van der Waals surface area contributed by atoms with Crippen LogP contribution >= 0.6 is 0 Å². The number of carbonyl (C=O) groups is 1. The molecule has 1 aliphatic heterocycles. The van der Waals surface area contributed by atoms with Crippen molar-refractivity contribution in [3.63, 3.8) is 0 Å². The molecule has 0 spiro atoms. The molecule has 1 atom stereocenters. The summed E-state index contributed by atoms with van der Waals surface area (Å²) in [6, 6.07) is 0.00354. The fraction of sp³-hybridized carbons (Fsp3) is 0.917. The Kier molecular flexibility index (Phi) is 3.82. The van der Waals surface area contributed by atoms with E-state index in [0.717, 1.165) is 32.1 Å². The summed E-state index contributed by atoms with van der Waals surface area (Å²) in [4.78, 5) is 16.3. The van der Waals surface area contributed by atoms with Crippen LogP contribution < -0.4 is 5.32 Å². The van der Waals surface area contributed by atoms with E-state index in [1.54, 1.807) is 0 Å². The number of nitrogens with zero attached hydrogens (tertiary/aromatic N) is 2. The summed E-state index contributed by atoms with van der Waals surface area (Å²) < 4.78 is 0. The van der Waals surface area contributed by atoms with Crippen LogP contribution in [0.3, 0.4) is 0 Å². The van der Waals surface area contributed by atoms with Crippen LogP contribution in [0.5, 0.6) is 0 Å². The fourth-order valence-electron chi connectivity index (χ4n) is 2.48. The van der Waals surface area contributed by atoms with Gasteiger partial charge in [0, 0.05) is 33.2 Å². The van der Waals surface area contributed by atoms with Gasteiger partial charge in [-0.1, -0.05) is 6.42 Å². The highest BCUT2D eigenvalue weighted by molar-refractivity contribution is 5.82. The summed E-state index contributed by atoms with van der Waals surface area (Å²) in [7, 11) is 4.02. The molecule has 1 N–H and O–H groups in total. The first-order valence-corrected chi connectivity index (χ1v) is 6.33. The molecule has 4 heteroatoms. The summed E-state index contributed by atoms with van der Waals surface area (Å²) in [5.41, 5.74) is 0. The van der Waals surface area contributed by atoms with Gasteiger partial charge in [0.1, 0.15) is 0 Å². The minimum Gasteiger partial charge on any atom is -0.344 e. The van der Waals surface area contributed by atoms with E-state index in [0.29, 0.717) is 0 Å². The third-order valence-corrected chi connectivity index (χ3v) is 3.81. The van der Waals surface area contributed by atoms with Gasteiger partial charge < -0.3 is 15.1 Å². The second-order valence-electron chi connectivity index (χ2n) is 5.28. The maximum absolute atomic E-state index is 12.2. The van der Waals surface area contributed by atoms with Gasteiger partial charge in [-0.05, 0) is 25.8 Å². The summed E-state index contributed by atoms with van der Waals surface area (Å²) in [6.07, 6.45) is 3.95. The van der Waals surface area contributed by atoms with E-state index in [9.17, 15) is 4.79 Å². The molecule has 2 rings (SSSR count). The van der Waals surface area contributed by atoms with Crippen molar-refractivity contribution in [1.29, 1.82) is 0 Å². The minimum atomic E-state index is 0.00354. The first-order valence-electron chi connectivity index (χ1n) is 6.33. The van der Waals surface area contributed by atoms with Gasteiger partial charge in [0.25, 0.3) is 0 Å². The van der Waals surface area contributed by atoms with E-state index in [1.165, 1.54) is 19.3 Å². The van der Waals surface area contributed by atoms with Gasteiger partial charge in [0.05, 0.1) is 6.04 Å². The molecule has 1 heterocycles. The van der Waals surface area contributed by atoms with E-state index in [-0.39, 0.29) is 11.9 Å². The van der Waals surface area contributed by atoms with Gasteiger partial charge in [-0.3, -0.25) is 4.79 Å². The van der Waals surface area contributed by atoms with Crippen LogP contribution in [0.2, 0.25) is 0 Å². The molecule has 2 aliphatic rings. The van der Waals surface area contributed by atoms with Crippen molar-refractivity contribution in [3.8, 4) is 0 Å². The maximum atomic E-state index is 12.2. The van der Waals surface area contributed by atoms with Crippen LogP contribution in [0.4, 0.5) is 0 Å². The minimum absolute atomic E-state index is 0.00354. The molecule has 0 aromatic carbocycles. The Morgan fingerprint density at radius 2 is 2.25 bits per heavy atom. The monoisotopic (exact) mass is 225 g/mol. The van der Waals surface area contributed by atoms with E-state index in [2.05, 4.69) is 17.3 Å². The first kappa shape index (κ1) is 11.9. The van der Waals surface area contributed by atoms with Crippen molar-refractivity contribution in [1.82, 2.24) is 15.1 Å². The molecule has 92 valence electrons. The summed E-state index contributed by atoms with van der Waals surface area (Å²) in [5, 5.41) is 3.31. The number of nitrogens with one attached hydrogen (secondary N) is 1. The lowest BCUT2D eigenvalue weighted by Gasteiger charge is -2.35. The van der Waals surface area contributed by atoms with Crippen molar-refractivity contribution < 1.29 is 4.79 Å². The maximum Gasteiger partial charge on any atom is 0.240 e. The molecular weight excluding hydrogens is 202 g/mol. The molecule has 0 radical (unpaired) electrons. The van der Waals surface area contributed by atoms with Crippen LogP contribution in [-0.4, -0.2) is 62.0 Å². The Morgan fingerprint density at radius 3 is 2.81 bits per heavy atom. The van der Waals surface area contributed by atoms with E-state index in [4.69, 9.17) is 0 Å². The van der Waals surface area contributed by atoms with Crippen molar-refractivity contribution in [2.45, 2.75) is 25.3 Å². The van der Waals surface area contributed by atoms with Gasteiger partial charge in [0.15, 0.2) is 0 Å². The average molecular weight is 225 g/mol. The van der Waals surface area contributed by atoms with Gasteiger partial charge in [-0.25, -0.2) is 0 Å². The van der Waals surface area contributed by atoms with Crippen molar-refractivity contribution >= 4 is 5.91 Å². The molecule has 2 fully saturated rings. The second-order valence-corrected chi connectivity index (χ2v) is 5.28. The number of hydrogen-bond donors (Lipinski definition) is 1. The lowest BCUT2D eigenvalue weighted by molar-refractivity contribution is -0.134. The van der Waals surface area contributed by atoms with Crippen LogP contribution in [0.1, 0.15) is 19.3 Å². The number of carbonyl (C=O) groups excluding carboxylic acids is 1. The van der Waals surface area contributed by atoms with Crippen LogP contribution in [-0.2, 0) is 4.79 Å². The second kappa shape index (κ2) is 5.15. The number of likely N-dealkylation sites (N-methyl/N-ethyl adjacent to an activating group) is 2. The highest BCUT2D eigenvalue weighted by Crippen LogP contribution is 2.26. The van der Waals surface area contributed by atoms with Crippen molar-refractivity contribution in [2.75, 3.05) is 40.3 Å². The zero-order valence-corrected chi connectivity index (χ0v) is 10.4. The number of hydrogen-bond acceptors (Lipinski definition) is 3. The Morgan fingerprint density at radius 1 is 1.50 bits per heavy atom. The zero-order valence-electron chi connectivity index (χ0n) is 10.4. The molecule has 1 unspecified atom stereocenters. The first-order chi connectivity index (χ1) is 7.66. The zero-order chi connectivity index (χ0) is 11.5. The average Bonchev–Trinajstić information content (AvgIpc) is 2.22. The predicted molar refractivity (Wildman–Crippen MR) is 64.3 cm³/mol. The third-order valence-electron chi connectivity index (χ3n) is 3.81. The van der Waals surface area contributed by atoms with Gasteiger partial charge >= 0.3 is 0 Å². The predicted octanol–water partition coefficient (Wildman–Crippen LogP) is 0.149. The largest absolute Gasteiger partial charge is 0.344 e. The molecule has 16 heavy (non-hydrogen) atoms. The molecule has 0 aromatic rings. The van der Waals surface area contributed by atoms with Gasteiger partial charge in [-0.15, -0.1) is 0 Å².